The van der Waals surface area contributed by atoms with E-state index in [1.165, 1.54) is 28.7 Å². The normalized spacial score (nSPS) is 12.1. The van der Waals surface area contributed by atoms with Crippen LogP contribution in [-0.2, 0) is 12.0 Å². The average Bonchev–Trinajstić information content (AvgIpc) is 3.23. The smallest absolute Gasteiger partial charge is 0.293 e. The van der Waals surface area contributed by atoms with E-state index in [0.717, 1.165) is 12.0 Å². The molecule has 3 aromatic rings. The lowest BCUT2D eigenvalue weighted by Crippen LogP contribution is -2.34. The number of hydrogen-bond donors (Lipinski definition) is 1. The summed E-state index contributed by atoms with van der Waals surface area (Å²) in [4.78, 5) is 19.4. The molecule has 0 aliphatic rings. The summed E-state index contributed by atoms with van der Waals surface area (Å²) < 4.78 is 1.42. The van der Waals surface area contributed by atoms with E-state index in [1.54, 1.807) is 4.90 Å². The second kappa shape index (κ2) is 9.96. The fourth-order valence-electron chi connectivity index (χ4n) is 3.36. The summed E-state index contributed by atoms with van der Waals surface area (Å²) in [5, 5.41) is 14.3. The maximum absolute atomic E-state index is 13.4. The number of hydrogen-bond acceptors (Lipinski definition) is 4. The molecule has 0 bridgehead atoms. The van der Waals surface area contributed by atoms with Gasteiger partial charge in [-0.15, -0.1) is 5.10 Å². The minimum atomic E-state index is -0.251. The Morgan fingerprint density at radius 3 is 2.15 bits per heavy atom. The Morgan fingerprint density at radius 1 is 1.03 bits per heavy atom. The number of phenols is 1. The Hall–Kier alpha value is -2.57. The van der Waals surface area contributed by atoms with Gasteiger partial charge in [-0.25, -0.2) is 9.67 Å². The van der Waals surface area contributed by atoms with Crippen molar-refractivity contribution in [1.82, 2.24) is 19.7 Å². The number of carbonyl (C=O) groups excluding carboxylic acids is 1. The summed E-state index contributed by atoms with van der Waals surface area (Å²) in [7, 11) is 0. The van der Waals surface area contributed by atoms with Crippen LogP contribution >= 0.6 is 23.2 Å². The maximum atomic E-state index is 13.4. The van der Waals surface area contributed by atoms with Crippen molar-refractivity contribution >= 4 is 29.1 Å². The predicted molar refractivity (Wildman–Crippen MR) is 137 cm³/mol. The molecule has 1 amide bonds. The molecular formula is C26H32Cl2N4O2. The highest BCUT2D eigenvalue weighted by Gasteiger charge is 2.23. The second-order valence-corrected chi connectivity index (χ2v) is 11.6. The van der Waals surface area contributed by atoms with Crippen LogP contribution in [0.15, 0.2) is 42.7 Å². The van der Waals surface area contributed by atoms with Gasteiger partial charge in [0.1, 0.15) is 6.33 Å². The molecule has 0 radical (unpaired) electrons. The number of rotatable bonds is 6. The first-order valence-corrected chi connectivity index (χ1v) is 12.0. The lowest BCUT2D eigenvalue weighted by molar-refractivity contribution is 0.0712. The first kappa shape index (κ1) is 26.0. The van der Waals surface area contributed by atoms with Gasteiger partial charge in [-0.1, -0.05) is 89.0 Å². The zero-order chi connectivity index (χ0) is 25.3. The molecular weight excluding hydrogens is 471 g/mol. The van der Waals surface area contributed by atoms with Crippen LogP contribution in [0.25, 0.3) is 5.69 Å². The third kappa shape index (κ3) is 6.51. The number of benzene rings is 2. The van der Waals surface area contributed by atoms with E-state index < -0.39 is 0 Å². The molecule has 0 fully saturated rings. The van der Waals surface area contributed by atoms with Gasteiger partial charge in [0, 0.05) is 13.1 Å². The minimum Gasteiger partial charge on any atom is -0.505 e. The second-order valence-electron chi connectivity index (χ2n) is 10.8. The van der Waals surface area contributed by atoms with Crippen molar-refractivity contribution in [1.29, 1.82) is 0 Å². The van der Waals surface area contributed by atoms with Crippen LogP contribution in [0.2, 0.25) is 10.0 Å². The maximum Gasteiger partial charge on any atom is 0.293 e. The van der Waals surface area contributed by atoms with E-state index >= 15 is 0 Å². The van der Waals surface area contributed by atoms with Crippen LogP contribution in [0, 0.1) is 5.41 Å². The Bertz CT molecular complexity index is 1140. The molecule has 2 aromatic carbocycles. The predicted octanol–water partition coefficient (Wildman–Crippen LogP) is 6.66. The molecule has 1 N–H and O–H groups in total. The SMILES string of the molecule is CC(C)(C)CCN(Cc1ccc(C(C)(C)C)cc1)C(=O)c1ncn(-c2cc(Cl)c(O)c(Cl)c2)n1. The minimum absolute atomic E-state index is 0.0665. The van der Waals surface area contributed by atoms with Gasteiger partial charge in [-0.05, 0) is 40.5 Å². The third-order valence-electron chi connectivity index (χ3n) is 5.56. The highest BCUT2D eigenvalue weighted by Crippen LogP contribution is 2.33. The van der Waals surface area contributed by atoms with Crippen molar-refractivity contribution in [3.63, 3.8) is 0 Å². The van der Waals surface area contributed by atoms with Crippen LogP contribution in [0.4, 0.5) is 0 Å². The summed E-state index contributed by atoms with van der Waals surface area (Å²) in [6, 6.07) is 11.4. The van der Waals surface area contributed by atoms with E-state index in [1.807, 2.05) is 0 Å². The van der Waals surface area contributed by atoms with Gasteiger partial charge in [0.2, 0.25) is 5.82 Å². The monoisotopic (exact) mass is 502 g/mol. The molecule has 34 heavy (non-hydrogen) atoms. The molecule has 0 saturated heterocycles. The van der Waals surface area contributed by atoms with Crippen molar-refractivity contribution in [2.24, 2.45) is 5.41 Å². The molecule has 0 unspecified atom stereocenters. The van der Waals surface area contributed by atoms with E-state index in [2.05, 4.69) is 75.9 Å². The van der Waals surface area contributed by atoms with Gasteiger partial charge in [0.05, 0.1) is 15.7 Å². The standard InChI is InChI=1S/C26H32Cl2N4O2/c1-25(2,3)11-12-31(15-17-7-9-18(10-8-17)26(4,5)6)24(34)23-29-16-32(30-23)19-13-20(27)22(33)21(28)14-19/h7-10,13-14,16,33H,11-12,15H2,1-6H3. The number of aromatic nitrogens is 3. The van der Waals surface area contributed by atoms with Gasteiger partial charge in [0.15, 0.2) is 5.75 Å². The summed E-state index contributed by atoms with van der Waals surface area (Å²) >= 11 is 12.1. The molecule has 3 rings (SSSR count). The topological polar surface area (TPSA) is 71.2 Å². The fraction of sp³-hybridized carbons (Fsp3) is 0.423. The number of carbonyl (C=O) groups is 1. The largest absolute Gasteiger partial charge is 0.505 e. The van der Waals surface area contributed by atoms with Crippen LogP contribution in [0.5, 0.6) is 5.75 Å². The summed E-state index contributed by atoms with van der Waals surface area (Å²) in [6.07, 6.45) is 2.27. The van der Waals surface area contributed by atoms with Gasteiger partial charge in [-0.2, -0.15) is 0 Å². The van der Waals surface area contributed by atoms with Gasteiger partial charge in [0.25, 0.3) is 5.91 Å². The molecule has 0 saturated carbocycles. The Labute approximate surface area is 211 Å². The first-order chi connectivity index (χ1) is 15.7. The van der Waals surface area contributed by atoms with Crippen LogP contribution in [0.1, 0.15) is 69.7 Å². The van der Waals surface area contributed by atoms with Crippen LogP contribution in [-0.4, -0.2) is 37.2 Å². The van der Waals surface area contributed by atoms with Crippen LogP contribution < -0.4 is 0 Å². The Balaban J connectivity index is 1.86. The number of amides is 1. The summed E-state index contributed by atoms with van der Waals surface area (Å²) in [5.41, 5.74) is 2.93. The lowest BCUT2D eigenvalue weighted by Gasteiger charge is -2.27. The molecule has 182 valence electrons. The molecule has 6 nitrogen and oxygen atoms in total. The van der Waals surface area contributed by atoms with E-state index in [9.17, 15) is 9.90 Å². The average molecular weight is 503 g/mol. The van der Waals surface area contributed by atoms with Crippen molar-refractivity contribution in [2.45, 2.75) is 59.9 Å². The first-order valence-electron chi connectivity index (χ1n) is 11.2. The zero-order valence-electron chi connectivity index (χ0n) is 20.6. The van der Waals surface area contributed by atoms with Crippen molar-refractivity contribution in [3.05, 3.63) is 69.7 Å². The number of phenolic OH excluding ortho intramolecular Hbond substituents is 1. The molecule has 0 aliphatic heterocycles. The molecule has 0 spiro atoms. The Morgan fingerprint density at radius 2 is 1.62 bits per heavy atom. The number of nitrogens with zero attached hydrogens (tertiary/aromatic N) is 4. The molecule has 0 atom stereocenters. The van der Waals surface area contributed by atoms with Crippen molar-refractivity contribution in [2.75, 3.05) is 6.54 Å². The molecule has 8 heteroatoms. The highest BCUT2D eigenvalue weighted by atomic mass is 35.5. The fourth-order valence-corrected chi connectivity index (χ4v) is 3.84. The van der Waals surface area contributed by atoms with E-state index in [-0.39, 0.29) is 38.4 Å². The van der Waals surface area contributed by atoms with Crippen molar-refractivity contribution < 1.29 is 9.90 Å². The number of aromatic hydroxyl groups is 1. The quantitative estimate of drug-likeness (QED) is 0.409. The van der Waals surface area contributed by atoms with Crippen molar-refractivity contribution in [3.8, 4) is 11.4 Å². The van der Waals surface area contributed by atoms with Gasteiger partial charge >= 0.3 is 0 Å². The number of halogens is 2. The third-order valence-corrected chi connectivity index (χ3v) is 6.14. The van der Waals surface area contributed by atoms with E-state index in [4.69, 9.17) is 23.2 Å². The summed E-state index contributed by atoms with van der Waals surface area (Å²) in [6.45, 7) is 14.0. The zero-order valence-corrected chi connectivity index (χ0v) is 22.1. The molecule has 0 aliphatic carbocycles. The van der Waals surface area contributed by atoms with Crippen LogP contribution in [0.3, 0.4) is 0 Å². The van der Waals surface area contributed by atoms with Gasteiger partial charge in [-0.3, -0.25) is 4.79 Å². The Kier molecular flexibility index (Phi) is 7.63. The van der Waals surface area contributed by atoms with E-state index in [0.29, 0.717) is 18.8 Å². The van der Waals surface area contributed by atoms with Gasteiger partial charge < -0.3 is 10.0 Å². The molecule has 1 aromatic heterocycles. The highest BCUT2D eigenvalue weighted by molar-refractivity contribution is 6.37. The lowest BCUT2D eigenvalue weighted by atomic mass is 9.86. The molecule has 1 heterocycles. The summed E-state index contributed by atoms with van der Waals surface area (Å²) in [5.74, 6) is -0.367.